The molecule has 1 aromatic heterocycles. The predicted octanol–water partition coefficient (Wildman–Crippen LogP) is 5.60. The van der Waals surface area contributed by atoms with Gasteiger partial charge in [-0.2, -0.15) is 52.3 Å². The third-order valence-electron chi connectivity index (χ3n) is 8.39. The van der Waals surface area contributed by atoms with Crippen LogP contribution >= 0.6 is 11.3 Å². The molecule has 0 fully saturated rings. The number of hydrogen-bond donors (Lipinski definition) is 0. The van der Waals surface area contributed by atoms with E-state index in [0.29, 0.717) is 5.92 Å². The molecule has 4 heteroatoms. The Labute approximate surface area is 320 Å². The second-order valence-corrected chi connectivity index (χ2v) is 16.3. The Hall–Kier alpha value is -2.61. The van der Waals surface area contributed by atoms with Gasteiger partial charge in [0.05, 0.1) is 0 Å². The zero-order valence-corrected chi connectivity index (χ0v) is 33.8. The number of benzene rings is 4. The first-order valence-corrected chi connectivity index (χ1v) is 18.2. The van der Waals surface area contributed by atoms with Crippen LogP contribution in [-0.4, -0.2) is 3.21 Å². The summed E-state index contributed by atoms with van der Waals surface area (Å²) in [5, 5.41) is 2.10. The molecule has 0 aliphatic heterocycles. The van der Waals surface area contributed by atoms with Crippen molar-refractivity contribution in [1.82, 2.24) is 0 Å². The zero-order chi connectivity index (χ0) is 32.9. The van der Waals surface area contributed by atoms with Crippen LogP contribution in [0.15, 0.2) is 121 Å². The summed E-state index contributed by atoms with van der Waals surface area (Å²) >= 11 is 3.24. The quantitative estimate of drug-likeness (QED) is 0.206. The van der Waals surface area contributed by atoms with E-state index in [1.54, 1.807) is 11.3 Å². The molecule has 0 N–H and O–H groups in total. The Morgan fingerprint density at radius 1 is 0.729 bits per heavy atom. The second-order valence-electron chi connectivity index (χ2n) is 14.1. The van der Waals surface area contributed by atoms with E-state index in [4.69, 9.17) is 0 Å². The fourth-order valence-corrected chi connectivity index (χ4v) is 7.09. The summed E-state index contributed by atoms with van der Waals surface area (Å²) in [6.45, 7) is 15.8. The fraction of sp³-hybridized carbons (Fsp3) is 0.250. The zero-order valence-electron chi connectivity index (χ0n) is 29.0. The molecule has 2 aliphatic carbocycles. The molecule has 246 valence electrons. The molecule has 4 aromatic carbocycles. The van der Waals surface area contributed by atoms with E-state index >= 15 is 0 Å². The van der Waals surface area contributed by atoms with Gasteiger partial charge in [0.1, 0.15) is 0 Å². The second kappa shape index (κ2) is 17.4. The van der Waals surface area contributed by atoms with Crippen LogP contribution in [0, 0.1) is 18.1 Å². The van der Waals surface area contributed by atoms with Crippen LogP contribution in [0.4, 0.5) is 0 Å². The Morgan fingerprint density at radius 2 is 1.31 bits per heavy atom. The van der Waals surface area contributed by atoms with E-state index in [1.807, 2.05) is 0 Å². The number of fused-ring (bicyclic) bond motifs is 3. The minimum atomic E-state index is 0. The van der Waals surface area contributed by atoms with E-state index in [2.05, 4.69) is 181 Å². The summed E-state index contributed by atoms with van der Waals surface area (Å²) in [6, 6.07) is 40.4. The van der Waals surface area contributed by atoms with Crippen LogP contribution < -0.4 is 24.8 Å². The first-order valence-electron chi connectivity index (χ1n) is 16.1. The van der Waals surface area contributed by atoms with E-state index in [9.17, 15) is 0 Å². The molecule has 0 saturated heterocycles. The van der Waals surface area contributed by atoms with Gasteiger partial charge in [-0.1, -0.05) is 101 Å². The topological polar surface area (TPSA) is 0 Å². The normalized spacial score (nSPS) is 14.1. The van der Waals surface area contributed by atoms with E-state index < -0.39 is 0 Å². The summed E-state index contributed by atoms with van der Waals surface area (Å²) in [4.78, 5) is 1.35. The number of halogens is 2. The van der Waals surface area contributed by atoms with E-state index in [1.165, 1.54) is 82.4 Å². The molecule has 2 aliphatic rings. The van der Waals surface area contributed by atoms with Gasteiger partial charge >= 0.3 is 99.2 Å². The first kappa shape index (κ1) is 39.8. The van der Waals surface area contributed by atoms with Crippen molar-refractivity contribution in [3.63, 3.8) is 0 Å². The van der Waals surface area contributed by atoms with Crippen LogP contribution in [0.3, 0.4) is 0 Å². The molecule has 0 spiro atoms. The van der Waals surface area contributed by atoms with Gasteiger partial charge in [-0.25, -0.2) is 6.08 Å². The van der Waals surface area contributed by atoms with E-state index in [-0.39, 0.29) is 35.6 Å². The predicted molar refractivity (Wildman–Crippen MR) is 196 cm³/mol. The van der Waals surface area contributed by atoms with Crippen molar-refractivity contribution in [2.45, 2.75) is 65.7 Å². The fourth-order valence-electron chi connectivity index (χ4n) is 5.54. The molecule has 0 radical (unpaired) electrons. The van der Waals surface area contributed by atoms with Crippen molar-refractivity contribution in [2.24, 2.45) is 5.92 Å². The third-order valence-corrected chi connectivity index (χ3v) is 10.7. The van der Waals surface area contributed by atoms with Gasteiger partial charge in [-0.15, -0.1) is 5.56 Å². The third kappa shape index (κ3) is 10.2. The average molecular weight is 767 g/mol. The molecular formula is C44H44Cl2SZr-2. The van der Waals surface area contributed by atoms with Gasteiger partial charge in [0, 0.05) is 0 Å². The van der Waals surface area contributed by atoms with Crippen molar-refractivity contribution < 1.29 is 49.0 Å². The molecule has 0 nitrogen and oxygen atoms in total. The number of allylic oxidation sites excluding steroid dienone is 4. The van der Waals surface area contributed by atoms with Crippen LogP contribution in [0.2, 0.25) is 0 Å². The molecule has 0 saturated carbocycles. The standard InChI is InChI=1S/C21H25.C13H10.C10H9S.2ClH.Zr/c1-20(2,3)16-9-7-14-11-15-8-10-17(21(4,5)6)13-19(15)18(14)12-16;1-3-7-12(8-4-1)11-13-9-5-2-6-10-13;1-8-4-5-9(7-8)10-3-2-6-11-10;;;/h7,9-10,12-13H,11H2,1-6H3;1-10H;2-3,5-8H,1H3;2*1H;/q-1;;-1;;;+2/p-2. The summed E-state index contributed by atoms with van der Waals surface area (Å²) < 4.78 is 1.42. The van der Waals surface area contributed by atoms with Crippen LogP contribution in [0.25, 0.3) is 16.7 Å². The molecule has 0 bridgehead atoms. The average Bonchev–Trinajstić information content (AvgIpc) is 3.81. The Balaban J connectivity index is 0.000000202. The molecule has 1 heterocycles. The van der Waals surface area contributed by atoms with Gasteiger partial charge in [0.25, 0.3) is 0 Å². The van der Waals surface area contributed by atoms with Gasteiger partial charge < -0.3 is 24.8 Å². The van der Waals surface area contributed by atoms with Crippen molar-refractivity contribution in [3.8, 4) is 11.1 Å². The monoisotopic (exact) mass is 764 g/mol. The van der Waals surface area contributed by atoms with Crippen molar-refractivity contribution in [3.05, 3.63) is 171 Å². The first-order chi connectivity index (χ1) is 21.9. The summed E-state index contributed by atoms with van der Waals surface area (Å²) in [5.74, 6) is 0.493. The van der Waals surface area contributed by atoms with Crippen LogP contribution in [-0.2, 0) is 41.5 Å². The van der Waals surface area contributed by atoms with Gasteiger partial charge in [0.2, 0.25) is 0 Å². The number of thiophene rings is 1. The molecule has 1 atom stereocenters. The Kier molecular flexibility index (Phi) is 14.4. The van der Waals surface area contributed by atoms with Gasteiger partial charge in [0.15, 0.2) is 0 Å². The molecule has 0 amide bonds. The van der Waals surface area contributed by atoms with Crippen molar-refractivity contribution in [2.75, 3.05) is 0 Å². The summed E-state index contributed by atoms with van der Waals surface area (Å²) in [7, 11) is 0. The SMILES string of the molecule is CC(C)(C)c1c[c-]c2c(c1)-c1cc(C(C)(C)C)ccc1C2.CC1[C-]=CC(c2cccs2)=C1.[Cl-].[Cl-].[Zr+2]=[C](c1ccccc1)c1ccccc1. The summed E-state index contributed by atoms with van der Waals surface area (Å²) in [5.41, 5.74) is 12.7. The maximum absolute atomic E-state index is 3.53. The molecular weight excluding hydrogens is 723 g/mol. The molecule has 7 rings (SSSR count). The Bertz CT molecular complexity index is 1740. The van der Waals surface area contributed by atoms with Gasteiger partial charge in [-0.05, 0) is 27.7 Å². The van der Waals surface area contributed by atoms with Crippen LogP contribution in [0.5, 0.6) is 0 Å². The summed E-state index contributed by atoms with van der Waals surface area (Å²) in [6.07, 6.45) is 8.60. The number of hydrogen-bond acceptors (Lipinski definition) is 1. The minimum absolute atomic E-state index is 0. The van der Waals surface area contributed by atoms with Crippen molar-refractivity contribution >= 4 is 20.1 Å². The molecule has 1 unspecified atom stereocenters. The number of rotatable bonds is 3. The molecule has 5 aromatic rings. The van der Waals surface area contributed by atoms with Crippen LogP contribution in [0.1, 0.15) is 86.7 Å². The molecule has 48 heavy (non-hydrogen) atoms. The Morgan fingerprint density at radius 3 is 1.81 bits per heavy atom. The van der Waals surface area contributed by atoms with Crippen molar-refractivity contribution in [1.29, 1.82) is 0 Å². The van der Waals surface area contributed by atoms with E-state index in [0.717, 1.165) is 6.42 Å². The maximum atomic E-state index is 3.53. The van der Waals surface area contributed by atoms with Gasteiger partial charge in [-0.3, -0.25) is 6.08 Å².